The quantitative estimate of drug-likeness (QED) is 0.837. The van der Waals surface area contributed by atoms with E-state index in [4.69, 9.17) is 5.14 Å². The van der Waals surface area contributed by atoms with E-state index in [1.165, 1.54) is 0 Å². The van der Waals surface area contributed by atoms with E-state index in [0.717, 1.165) is 18.2 Å². The van der Waals surface area contributed by atoms with Crippen molar-refractivity contribution >= 4 is 25.7 Å². The van der Waals surface area contributed by atoms with Gasteiger partial charge < -0.3 is 0 Å². The minimum absolute atomic E-state index is 0.357. The minimum Gasteiger partial charge on any atom is -0.282 e. The zero-order valence-electron chi connectivity index (χ0n) is 9.13. The lowest BCUT2D eigenvalue weighted by atomic mass is 10.3. The van der Waals surface area contributed by atoms with E-state index in [0.29, 0.717) is 12.8 Å². The topological polar surface area (TPSA) is 106 Å². The molecule has 0 aliphatic heterocycles. The molecule has 0 aromatic heterocycles. The molecular weight excluding hydrogens is 283 g/mol. The standard InChI is InChI=1S/C9H11FN2O4S2/c10-6-1-4-9(17(11,13)14)8(5-6)12-18(15,16)7-2-3-7/h1,4-5,7,12H,2-3H2,(H2,11,13,14). The molecule has 1 fully saturated rings. The molecule has 1 aliphatic carbocycles. The number of halogens is 1. The van der Waals surface area contributed by atoms with Crippen LogP contribution < -0.4 is 9.86 Å². The molecule has 6 nitrogen and oxygen atoms in total. The van der Waals surface area contributed by atoms with E-state index in [1.54, 1.807) is 0 Å². The molecule has 0 radical (unpaired) electrons. The first-order valence-corrected chi connectivity index (χ1v) is 8.13. The number of anilines is 1. The Hall–Kier alpha value is -1.19. The Morgan fingerprint density at radius 3 is 2.33 bits per heavy atom. The molecule has 1 aromatic carbocycles. The largest absolute Gasteiger partial charge is 0.282 e. The summed E-state index contributed by atoms with van der Waals surface area (Å²) in [6.45, 7) is 0. The van der Waals surface area contributed by atoms with Crippen molar-refractivity contribution in [1.82, 2.24) is 0 Å². The third kappa shape index (κ3) is 2.79. The van der Waals surface area contributed by atoms with Crippen LogP contribution in [0.2, 0.25) is 0 Å². The molecule has 1 aliphatic rings. The second kappa shape index (κ2) is 4.18. The normalized spacial score (nSPS) is 16.6. The molecule has 0 spiro atoms. The van der Waals surface area contributed by atoms with Gasteiger partial charge in [0.2, 0.25) is 20.0 Å². The number of nitrogens with two attached hydrogens (primary N) is 1. The van der Waals surface area contributed by atoms with Gasteiger partial charge in [-0.1, -0.05) is 0 Å². The summed E-state index contributed by atoms with van der Waals surface area (Å²) in [4.78, 5) is -0.451. The lowest BCUT2D eigenvalue weighted by Gasteiger charge is -2.10. The summed E-state index contributed by atoms with van der Waals surface area (Å²) in [5.74, 6) is -0.754. The van der Waals surface area contributed by atoms with E-state index < -0.39 is 36.0 Å². The van der Waals surface area contributed by atoms with Crippen molar-refractivity contribution in [2.75, 3.05) is 4.72 Å². The van der Waals surface area contributed by atoms with Crippen LogP contribution in [0.1, 0.15) is 12.8 Å². The number of benzene rings is 1. The van der Waals surface area contributed by atoms with Gasteiger partial charge in [-0.25, -0.2) is 26.4 Å². The predicted molar refractivity (Wildman–Crippen MR) is 63.3 cm³/mol. The number of primary sulfonamides is 1. The molecule has 2 rings (SSSR count). The third-order valence-corrected chi connectivity index (χ3v) is 5.29. The Bertz CT molecular complexity index is 681. The fourth-order valence-corrected chi connectivity index (χ4v) is 3.58. The first-order chi connectivity index (χ1) is 8.20. The molecule has 1 saturated carbocycles. The summed E-state index contributed by atoms with van der Waals surface area (Å²) in [6.07, 6.45) is 1.02. The maximum atomic E-state index is 13.1. The molecular formula is C9H11FN2O4S2. The first-order valence-electron chi connectivity index (χ1n) is 5.04. The van der Waals surface area contributed by atoms with Crippen molar-refractivity contribution in [3.8, 4) is 0 Å². The number of hydrogen-bond acceptors (Lipinski definition) is 4. The Kier molecular flexibility index (Phi) is 3.07. The van der Waals surface area contributed by atoms with Gasteiger partial charge in [0, 0.05) is 0 Å². The van der Waals surface area contributed by atoms with Gasteiger partial charge in [-0.2, -0.15) is 0 Å². The van der Waals surface area contributed by atoms with Crippen LogP contribution in [-0.2, 0) is 20.0 Å². The van der Waals surface area contributed by atoms with Gasteiger partial charge in [0.05, 0.1) is 10.9 Å². The summed E-state index contributed by atoms with van der Waals surface area (Å²) < 4.78 is 61.0. The Balaban J connectivity index is 2.46. The van der Waals surface area contributed by atoms with Crippen LogP contribution in [0.5, 0.6) is 0 Å². The van der Waals surface area contributed by atoms with E-state index >= 15 is 0 Å². The number of rotatable bonds is 4. The van der Waals surface area contributed by atoms with Crippen molar-refractivity contribution in [2.24, 2.45) is 5.14 Å². The summed E-state index contributed by atoms with van der Waals surface area (Å²) in [5.41, 5.74) is -0.357. The van der Waals surface area contributed by atoms with E-state index in [2.05, 4.69) is 4.72 Å². The third-order valence-electron chi connectivity index (χ3n) is 2.46. The van der Waals surface area contributed by atoms with E-state index in [9.17, 15) is 21.2 Å². The van der Waals surface area contributed by atoms with Gasteiger partial charge in [-0.05, 0) is 31.0 Å². The molecule has 0 bridgehead atoms. The highest BCUT2D eigenvalue weighted by Crippen LogP contribution is 2.31. The summed E-state index contributed by atoms with van der Waals surface area (Å²) in [6, 6.07) is 2.61. The van der Waals surface area contributed by atoms with Crippen LogP contribution in [-0.4, -0.2) is 22.1 Å². The van der Waals surface area contributed by atoms with Crippen molar-refractivity contribution in [3.05, 3.63) is 24.0 Å². The predicted octanol–water partition coefficient (Wildman–Crippen LogP) is 0.377. The highest BCUT2D eigenvalue weighted by molar-refractivity contribution is 7.93. The second-order valence-corrected chi connectivity index (χ2v) is 7.52. The van der Waals surface area contributed by atoms with Crippen LogP contribution >= 0.6 is 0 Å². The summed E-state index contributed by atoms with van der Waals surface area (Å²) >= 11 is 0. The lowest BCUT2D eigenvalue weighted by molar-refractivity contribution is 0.596. The zero-order chi connectivity index (χ0) is 13.6. The number of hydrogen-bond donors (Lipinski definition) is 2. The fraction of sp³-hybridized carbons (Fsp3) is 0.333. The molecule has 1 aromatic rings. The van der Waals surface area contributed by atoms with Gasteiger partial charge in [0.1, 0.15) is 10.7 Å². The molecule has 0 amide bonds. The van der Waals surface area contributed by atoms with Crippen LogP contribution in [0.4, 0.5) is 10.1 Å². The van der Waals surface area contributed by atoms with Crippen molar-refractivity contribution < 1.29 is 21.2 Å². The van der Waals surface area contributed by atoms with Crippen molar-refractivity contribution in [3.63, 3.8) is 0 Å². The highest BCUT2D eigenvalue weighted by Gasteiger charge is 2.36. The molecule has 9 heteroatoms. The van der Waals surface area contributed by atoms with Crippen molar-refractivity contribution in [1.29, 1.82) is 0 Å². The van der Waals surface area contributed by atoms with Gasteiger partial charge in [-0.3, -0.25) is 4.72 Å². The minimum atomic E-state index is -4.12. The Morgan fingerprint density at radius 1 is 1.22 bits per heavy atom. The molecule has 18 heavy (non-hydrogen) atoms. The average molecular weight is 294 g/mol. The number of sulfonamides is 2. The smallest absolute Gasteiger partial charge is 0.240 e. The highest BCUT2D eigenvalue weighted by atomic mass is 32.2. The van der Waals surface area contributed by atoms with Crippen LogP contribution in [0.25, 0.3) is 0 Å². The fourth-order valence-electron chi connectivity index (χ4n) is 1.45. The van der Waals surface area contributed by atoms with Gasteiger partial charge >= 0.3 is 0 Å². The number of nitrogens with one attached hydrogen (secondary N) is 1. The van der Waals surface area contributed by atoms with E-state index in [-0.39, 0.29) is 5.69 Å². The molecule has 3 N–H and O–H groups in total. The average Bonchev–Trinajstić information content (AvgIpc) is 2.97. The Labute approximate surface area is 104 Å². The SMILES string of the molecule is NS(=O)(=O)c1ccc(F)cc1NS(=O)(=O)C1CC1. The van der Waals surface area contributed by atoms with E-state index in [1.807, 2.05) is 0 Å². The molecule has 0 unspecified atom stereocenters. The summed E-state index contributed by atoms with van der Waals surface area (Å²) in [7, 11) is -7.80. The molecule has 100 valence electrons. The van der Waals surface area contributed by atoms with Gasteiger partial charge in [0.15, 0.2) is 0 Å². The molecule has 0 heterocycles. The van der Waals surface area contributed by atoms with Gasteiger partial charge in [0.25, 0.3) is 0 Å². The van der Waals surface area contributed by atoms with Crippen LogP contribution in [0, 0.1) is 5.82 Å². The lowest BCUT2D eigenvalue weighted by Crippen LogP contribution is -2.21. The first kappa shape index (κ1) is 13.2. The van der Waals surface area contributed by atoms with Crippen LogP contribution in [0.3, 0.4) is 0 Å². The van der Waals surface area contributed by atoms with Gasteiger partial charge in [-0.15, -0.1) is 0 Å². The molecule has 0 atom stereocenters. The maximum Gasteiger partial charge on any atom is 0.240 e. The maximum absolute atomic E-state index is 13.1. The van der Waals surface area contributed by atoms with Crippen molar-refractivity contribution in [2.45, 2.75) is 23.0 Å². The van der Waals surface area contributed by atoms with Crippen LogP contribution in [0.15, 0.2) is 23.1 Å². The molecule has 0 saturated heterocycles. The monoisotopic (exact) mass is 294 g/mol. The summed E-state index contributed by atoms with van der Waals surface area (Å²) in [5, 5.41) is 4.39. The second-order valence-electron chi connectivity index (χ2n) is 4.03. The zero-order valence-corrected chi connectivity index (χ0v) is 10.8. The Morgan fingerprint density at radius 2 is 1.83 bits per heavy atom.